The predicted octanol–water partition coefficient (Wildman–Crippen LogP) is 2.63. The zero-order valence-electron chi connectivity index (χ0n) is 14.3. The van der Waals surface area contributed by atoms with Crippen LogP contribution in [-0.2, 0) is 14.8 Å². The van der Waals surface area contributed by atoms with E-state index in [1.165, 1.54) is 4.31 Å². The van der Waals surface area contributed by atoms with Gasteiger partial charge in [0.1, 0.15) is 0 Å². The van der Waals surface area contributed by atoms with Crippen molar-refractivity contribution in [1.29, 1.82) is 0 Å². The van der Waals surface area contributed by atoms with Crippen molar-refractivity contribution >= 4 is 32.5 Å². The molecule has 0 radical (unpaired) electrons. The Balaban J connectivity index is 1.69. The van der Waals surface area contributed by atoms with Gasteiger partial charge in [0.25, 0.3) is 0 Å². The summed E-state index contributed by atoms with van der Waals surface area (Å²) in [7, 11) is -3.26. The van der Waals surface area contributed by atoms with Crippen LogP contribution in [0.25, 0.3) is 10.9 Å². The van der Waals surface area contributed by atoms with Gasteiger partial charge in [0.2, 0.25) is 15.9 Å². The lowest BCUT2D eigenvalue weighted by molar-refractivity contribution is -0.120. The normalized spacial score (nSPS) is 19.0. The molecule has 1 N–H and O–H groups in total. The summed E-state index contributed by atoms with van der Waals surface area (Å²) in [4.78, 5) is 16.9. The summed E-state index contributed by atoms with van der Waals surface area (Å²) in [6.45, 7) is 2.61. The molecule has 2 aromatic rings. The summed E-state index contributed by atoms with van der Waals surface area (Å²) < 4.78 is 25.9. The molecular weight excluding hydrogens is 338 g/mol. The summed E-state index contributed by atoms with van der Waals surface area (Å²) >= 11 is 0. The zero-order valence-corrected chi connectivity index (χ0v) is 15.1. The summed E-state index contributed by atoms with van der Waals surface area (Å²) in [5.74, 6) is -0.337. The molecule has 1 aromatic heterocycles. The molecule has 1 aromatic carbocycles. The maximum atomic E-state index is 12.6. The zero-order chi connectivity index (χ0) is 17.9. The number of aromatic nitrogens is 1. The van der Waals surface area contributed by atoms with Crippen LogP contribution < -0.4 is 5.32 Å². The van der Waals surface area contributed by atoms with Crippen molar-refractivity contribution in [2.45, 2.75) is 26.2 Å². The average Bonchev–Trinajstić information content (AvgIpc) is 2.61. The van der Waals surface area contributed by atoms with E-state index in [0.717, 1.165) is 10.9 Å². The number of anilines is 1. The van der Waals surface area contributed by atoms with Crippen molar-refractivity contribution in [3.63, 3.8) is 0 Å². The minimum absolute atomic E-state index is 0.135. The number of para-hydroxylation sites is 1. The molecule has 1 atom stereocenters. The van der Waals surface area contributed by atoms with E-state index in [4.69, 9.17) is 0 Å². The van der Waals surface area contributed by atoms with Crippen LogP contribution in [0.2, 0.25) is 0 Å². The van der Waals surface area contributed by atoms with Crippen LogP contribution in [0.5, 0.6) is 0 Å². The van der Waals surface area contributed by atoms with Gasteiger partial charge in [-0.25, -0.2) is 12.7 Å². The fourth-order valence-corrected chi connectivity index (χ4v) is 4.77. The Morgan fingerprint density at radius 1 is 1.36 bits per heavy atom. The average molecular weight is 361 g/mol. The van der Waals surface area contributed by atoms with Gasteiger partial charge in [0.15, 0.2) is 0 Å². The van der Waals surface area contributed by atoms with E-state index in [0.29, 0.717) is 31.5 Å². The van der Waals surface area contributed by atoms with Gasteiger partial charge >= 0.3 is 0 Å². The Bertz CT molecular complexity index is 867. The van der Waals surface area contributed by atoms with Crippen molar-refractivity contribution in [2.75, 3.05) is 24.2 Å². The quantitative estimate of drug-likeness (QED) is 0.888. The number of benzene rings is 1. The first-order chi connectivity index (χ1) is 12.0. The Hall–Kier alpha value is -1.99. The minimum Gasteiger partial charge on any atom is -0.324 e. The molecule has 3 rings (SSSR count). The molecule has 1 aliphatic heterocycles. The molecule has 0 spiro atoms. The van der Waals surface area contributed by atoms with Gasteiger partial charge in [-0.2, -0.15) is 0 Å². The number of rotatable bonds is 5. The van der Waals surface area contributed by atoms with Crippen LogP contribution in [0.15, 0.2) is 36.5 Å². The second-order valence-electron chi connectivity index (χ2n) is 6.42. The Morgan fingerprint density at radius 2 is 2.16 bits per heavy atom. The van der Waals surface area contributed by atoms with E-state index >= 15 is 0 Å². The SMILES string of the molecule is CCCS(=O)(=O)N1CCC[C@H](C(=O)Nc2cnc3ccccc3c2)C1. The highest BCUT2D eigenvalue weighted by atomic mass is 32.2. The third kappa shape index (κ3) is 4.16. The van der Waals surface area contributed by atoms with Crippen molar-refractivity contribution in [3.8, 4) is 0 Å². The predicted molar refractivity (Wildman–Crippen MR) is 98.7 cm³/mol. The molecule has 134 valence electrons. The lowest BCUT2D eigenvalue weighted by Crippen LogP contribution is -2.44. The van der Waals surface area contributed by atoms with Crippen LogP contribution in [0, 0.1) is 5.92 Å². The van der Waals surface area contributed by atoms with Gasteiger partial charge in [0, 0.05) is 18.5 Å². The number of hydrogen-bond donors (Lipinski definition) is 1. The maximum absolute atomic E-state index is 12.6. The third-order valence-corrected chi connectivity index (χ3v) is 6.51. The Morgan fingerprint density at radius 3 is 2.96 bits per heavy atom. The number of sulfonamides is 1. The first-order valence-electron chi connectivity index (χ1n) is 8.63. The van der Waals surface area contributed by atoms with E-state index in [2.05, 4.69) is 10.3 Å². The second-order valence-corrected chi connectivity index (χ2v) is 8.51. The summed E-state index contributed by atoms with van der Waals surface area (Å²) in [5, 5.41) is 3.84. The first kappa shape index (κ1) is 17.8. The van der Waals surface area contributed by atoms with E-state index in [1.54, 1.807) is 6.20 Å². The van der Waals surface area contributed by atoms with E-state index in [9.17, 15) is 13.2 Å². The number of amides is 1. The lowest BCUT2D eigenvalue weighted by atomic mass is 9.99. The Kier molecular flexibility index (Phi) is 5.34. The van der Waals surface area contributed by atoms with Gasteiger partial charge in [-0.3, -0.25) is 9.78 Å². The summed E-state index contributed by atoms with van der Waals surface area (Å²) in [6, 6.07) is 9.58. The van der Waals surface area contributed by atoms with Crippen LogP contribution in [-0.4, -0.2) is 42.5 Å². The molecule has 25 heavy (non-hydrogen) atoms. The van der Waals surface area contributed by atoms with Gasteiger partial charge in [-0.1, -0.05) is 25.1 Å². The van der Waals surface area contributed by atoms with Gasteiger partial charge in [-0.05, 0) is 31.4 Å². The van der Waals surface area contributed by atoms with Gasteiger partial charge in [0.05, 0.1) is 29.1 Å². The number of nitrogens with one attached hydrogen (secondary N) is 1. The van der Waals surface area contributed by atoms with Crippen LogP contribution in [0.1, 0.15) is 26.2 Å². The third-order valence-electron chi connectivity index (χ3n) is 4.47. The second kappa shape index (κ2) is 7.49. The van der Waals surface area contributed by atoms with Crippen molar-refractivity contribution in [2.24, 2.45) is 5.92 Å². The number of carbonyl (C=O) groups excluding carboxylic acids is 1. The molecule has 7 heteroatoms. The topological polar surface area (TPSA) is 79.4 Å². The van der Waals surface area contributed by atoms with Crippen molar-refractivity contribution in [1.82, 2.24) is 9.29 Å². The van der Waals surface area contributed by atoms with Crippen molar-refractivity contribution < 1.29 is 13.2 Å². The molecule has 0 bridgehead atoms. The molecule has 0 saturated carbocycles. The first-order valence-corrected chi connectivity index (χ1v) is 10.2. The maximum Gasteiger partial charge on any atom is 0.228 e. The Labute approximate surface area is 148 Å². The molecule has 0 unspecified atom stereocenters. The van der Waals surface area contributed by atoms with Crippen molar-refractivity contribution in [3.05, 3.63) is 36.5 Å². The van der Waals surface area contributed by atoms with Gasteiger partial charge in [-0.15, -0.1) is 0 Å². The van der Waals surface area contributed by atoms with E-state index < -0.39 is 10.0 Å². The van der Waals surface area contributed by atoms with Gasteiger partial charge < -0.3 is 5.32 Å². The molecule has 0 aliphatic carbocycles. The molecular formula is C18H23N3O3S. The minimum atomic E-state index is -3.26. The molecule has 1 saturated heterocycles. The van der Waals surface area contributed by atoms with E-state index in [-0.39, 0.29) is 24.1 Å². The summed E-state index contributed by atoms with van der Waals surface area (Å²) in [6.07, 6.45) is 3.62. The standard InChI is InChI=1S/C18H23N3O3S/c1-2-10-25(23,24)21-9-5-7-15(13-21)18(22)20-16-11-14-6-3-4-8-17(14)19-12-16/h3-4,6,8,11-12,15H,2,5,7,9-10,13H2,1H3,(H,20,22)/t15-/m0/s1. The number of piperidine rings is 1. The molecule has 1 amide bonds. The monoisotopic (exact) mass is 361 g/mol. The highest BCUT2D eigenvalue weighted by Gasteiger charge is 2.31. The van der Waals surface area contributed by atoms with Crippen LogP contribution >= 0.6 is 0 Å². The number of hydrogen-bond acceptors (Lipinski definition) is 4. The fourth-order valence-electron chi connectivity index (χ4n) is 3.18. The number of carbonyl (C=O) groups is 1. The summed E-state index contributed by atoms with van der Waals surface area (Å²) in [5.41, 5.74) is 1.51. The smallest absolute Gasteiger partial charge is 0.228 e. The largest absolute Gasteiger partial charge is 0.324 e. The number of fused-ring (bicyclic) bond motifs is 1. The number of nitrogens with zero attached hydrogens (tertiary/aromatic N) is 2. The fraction of sp³-hybridized carbons (Fsp3) is 0.444. The lowest BCUT2D eigenvalue weighted by Gasteiger charge is -2.31. The number of pyridine rings is 1. The van der Waals surface area contributed by atoms with E-state index in [1.807, 2.05) is 37.3 Å². The molecule has 1 aliphatic rings. The molecule has 6 nitrogen and oxygen atoms in total. The highest BCUT2D eigenvalue weighted by molar-refractivity contribution is 7.89. The van der Waals surface area contributed by atoms with Crippen LogP contribution in [0.3, 0.4) is 0 Å². The van der Waals surface area contributed by atoms with Crippen LogP contribution in [0.4, 0.5) is 5.69 Å². The molecule has 1 fully saturated rings. The molecule has 2 heterocycles. The highest BCUT2D eigenvalue weighted by Crippen LogP contribution is 2.22.